The molecule has 82 valence electrons. The zero-order valence-electron chi connectivity index (χ0n) is 9.20. The normalized spacial score (nSPS) is 38.8. The topological polar surface area (TPSA) is 20.2 Å². The molecule has 3 rings (SSSR count). The van der Waals surface area contributed by atoms with Crippen LogP contribution in [0.5, 0.6) is 0 Å². The number of aliphatic hydroxyl groups is 1. The van der Waals surface area contributed by atoms with Gasteiger partial charge in [0.25, 0.3) is 0 Å². The Balaban J connectivity index is 1.91. The molecule has 0 saturated heterocycles. The lowest BCUT2D eigenvalue weighted by molar-refractivity contribution is 0.0913. The van der Waals surface area contributed by atoms with Crippen LogP contribution in [0.2, 0.25) is 0 Å². The van der Waals surface area contributed by atoms with Crippen molar-refractivity contribution in [3.05, 3.63) is 21.9 Å². The fourth-order valence-corrected chi connectivity index (χ4v) is 4.25. The third kappa shape index (κ3) is 1.38. The summed E-state index contributed by atoms with van der Waals surface area (Å²) in [6, 6.07) is 2.24. The molecule has 0 aliphatic heterocycles. The van der Waals surface area contributed by atoms with Gasteiger partial charge < -0.3 is 5.11 Å². The van der Waals surface area contributed by atoms with E-state index in [-0.39, 0.29) is 5.60 Å². The molecule has 0 radical (unpaired) electrons. The first-order chi connectivity index (χ1) is 7.25. The Hall–Kier alpha value is -0.340. The smallest absolute Gasteiger partial charge is 0.0749 e. The SMILES string of the molecule is CCC1CC1(O)C1CCCc2sccc21. The molecule has 0 amide bonds. The molecular weight excluding hydrogens is 204 g/mol. The predicted molar refractivity (Wildman–Crippen MR) is 63.3 cm³/mol. The van der Waals surface area contributed by atoms with E-state index in [1.807, 2.05) is 11.3 Å². The first-order valence-electron chi connectivity index (χ1n) is 6.04. The van der Waals surface area contributed by atoms with E-state index in [1.54, 1.807) is 0 Å². The maximum absolute atomic E-state index is 10.6. The highest BCUT2D eigenvalue weighted by Crippen LogP contribution is 2.58. The molecule has 0 bridgehead atoms. The van der Waals surface area contributed by atoms with Crippen molar-refractivity contribution in [2.45, 2.75) is 50.5 Å². The van der Waals surface area contributed by atoms with Crippen LogP contribution in [0.3, 0.4) is 0 Å². The molecule has 2 aliphatic carbocycles. The highest BCUT2D eigenvalue weighted by Gasteiger charge is 2.57. The molecule has 3 atom stereocenters. The average molecular weight is 222 g/mol. The van der Waals surface area contributed by atoms with Gasteiger partial charge in [0, 0.05) is 10.8 Å². The molecule has 2 aliphatic rings. The van der Waals surface area contributed by atoms with E-state index in [1.165, 1.54) is 29.7 Å². The van der Waals surface area contributed by atoms with Crippen molar-refractivity contribution in [3.63, 3.8) is 0 Å². The lowest BCUT2D eigenvalue weighted by Crippen LogP contribution is -2.25. The molecule has 0 spiro atoms. The van der Waals surface area contributed by atoms with Crippen molar-refractivity contribution in [1.82, 2.24) is 0 Å². The largest absolute Gasteiger partial charge is 0.389 e. The van der Waals surface area contributed by atoms with Crippen LogP contribution in [0, 0.1) is 5.92 Å². The van der Waals surface area contributed by atoms with Crippen LogP contribution in [0.25, 0.3) is 0 Å². The highest BCUT2D eigenvalue weighted by atomic mass is 32.1. The molecule has 0 aromatic carbocycles. The van der Waals surface area contributed by atoms with E-state index in [9.17, 15) is 5.11 Å². The Bertz CT molecular complexity index is 370. The Labute approximate surface area is 95.1 Å². The van der Waals surface area contributed by atoms with Crippen LogP contribution < -0.4 is 0 Å². The molecule has 1 aromatic rings. The molecule has 2 heteroatoms. The fraction of sp³-hybridized carbons (Fsp3) is 0.692. The second-order valence-electron chi connectivity index (χ2n) is 5.04. The van der Waals surface area contributed by atoms with E-state index in [0.717, 1.165) is 12.8 Å². The minimum atomic E-state index is -0.342. The Morgan fingerprint density at radius 1 is 1.60 bits per heavy atom. The maximum Gasteiger partial charge on any atom is 0.0749 e. The summed E-state index contributed by atoms with van der Waals surface area (Å²) in [5.74, 6) is 1.01. The van der Waals surface area contributed by atoms with Crippen LogP contribution in [0.15, 0.2) is 11.4 Å². The zero-order valence-corrected chi connectivity index (χ0v) is 10.0. The van der Waals surface area contributed by atoms with E-state index in [2.05, 4.69) is 18.4 Å². The number of hydrogen-bond donors (Lipinski definition) is 1. The van der Waals surface area contributed by atoms with Crippen molar-refractivity contribution < 1.29 is 5.11 Å². The van der Waals surface area contributed by atoms with Gasteiger partial charge in [0.1, 0.15) is 0 Å². The Morgan fingerprint density at radius 2 is 2.47 bits per heavy atom. The summed E-state index contributed by atoms with van der Waals surface area (Å²) >= 11 is 1.87. The van der Waals surface area contributed by atoms with Crippen molar-refractivity contribution in [1.29, 1.82) is 0 Å². The molecule has 1 saturated carbocycles. The quantitative estimate of drug-likeness (QED) is 0.813. The van der Waals surface area contributed by atoms with Crippen molar-refractivity contribution in [2.24, 2.45) is 5.92 Å². The van der Waals surface area contributed by atoms with Gasteiger partial charge >= 0.3 is 0 Å². The van der Waals surface area contributed by atoms with E-state index in [0.29, 0.717) is 11.8 Å². The lowest BCUT2D eigenvalue weighted by atomic mass is 9.81. The molecule has 1 nitrogen and oxygen atoms in total. The first kappa shape index (κ1) is 9.86. The van der Waals surface area contributed by atoms with Gasteiger partial charge in [0.15, 0.2) is 0 Å². The maximum atomic E-state index is 10.6. The number of rotatable bonds is 2. The van der Waals surface area contributed by atoms with E-state index >= 15 is 0 Å². The van der Waals surface area contributed by atoms with Crippen molar-refractivity contribution >= 4 is 11.3 Å². The summed E-state index contributed by atoms with van der Waals surface area (Å²) in [6.07, 6.45) is 5.85. The number of thiophene rings is 1. The van der Waals surface area contributed by atoms with Gasteiger partial charge in [0.2, 0.25) is 0 Å². The third-order valence-corrected chi connectivity index (χ3v) is 5.26. The second-order valence-corrected chi connectivity index (χ2v) is 6.05. The van der Waals surface area contributed by atoms with Gasteiger partial charge in [-0.2, -0.15) is 0 Å². The molecule has 1 fully saturated rings. The molecular formula is C13H18OS. The third-order valence-electron chi connectivity index (χ3n) is 4.27. The number of fused-ring (bicyclic) bond motifs is 1. The van der Waals surface area contributed by atoms with Crippen LogP contribution >= 0.6 is 11.3 Å². The second kappa shape index (κ2) is 3.33. The van der Waals surface area contributed by atoms with Gasteiger partial charge in [-0.15, -0.1) is 11.3 Å². The Kier molecular flexibility index (Phi) is 2.18. The fourth-order valence-electron chi connectivity index (χ4n) is 3.27. The number of aryl methyl sites for hydroxylation is 1. The summed E-state index contributed by atoms with van der Waals surface area (Å²) in [7, 11) is 0. The van der Waals surface area contributed by atoms with Gasteiger partial charge in [-0.1, -0.05) is 13.3 Å². The van der Waals surface area contributed by atoms with Crippen LogP contribution in [-0.4, -0.2) is 10.7 Å². The van der Waals surface area contributed by atoms with Gasteiger partial charge in [0.05, 0.1) is 5.60 Å². The van der Waals surface area contributed by atoms with E-state index < -0.39 is 0 Å². The first-order valence-corrected chi connectivity index (χ1v) is 6.92. The predicted octanol–water partition coefficient (Wildman–Crippen LogP) is 3.33. The minimum Gasteiger partial charge on any atom is -0.389 e. The summed E-state index contributed by atoms with van der Waals surface area (Å²) in [4.78, 5) is 1.53. The van der Waals surface area contributed by atoms with Crippen molar-refractivity contribution in [2.75, 3.05) is 0 Å². The summed E-state index contributed by atoms with van der Waals surface area (Å²) in [5.41, 5.74) is 1.12. The van der Waals surface area contributed by atoms with Crippen LogP contribution in [0.1, 0.15) is 49.0 Å². The zero-order chi connectivity index (χ0) is 10.5. The highest BCUT2D eigenvalue weighted by molar-refractivity contribution is 7.10. The monoisotopic (exact) mass is 222 g/mol. The molecule has 1 heterocycles. The summed E-state index contributed by atoms with van der Waals surface area (Å²) in [6.45, 7) is 2.19. The summed E-state index contributed by atoms with van der Waals surface area (Å²) in [5, 5.41) is 12.8. The van der Waals surface area contributed by atoms with E-state index in [4.69, 9.17) is 0 Å². The molecule has 1 N–H and O–H groups in total. The minimum absolute atomic E-state index is 0.342. The van der Waals surface area contributed by atoms with Gasteiger partial charge in [-0.25, -0.2) is 0 Å². The summed E-state index contributed by atoms with van der Waals surface area (Å²) < 4.78 is 0. The molecule has 1 aromatic heterocycles. The average Bonchev–Trinajstić information content (AvgIpc) is 2.73. The molecule has 3 unspecified atom stereocenters. The van der Waals surface area contributed by atoms with Crippen molar-refractivity contribution in [3.8, 4) is 0 Å². The van der Waals surface area contributed by atoms with Crippen LogP contribution in [-0.2, 0) is 6.42 Å². The van der Waals surface area contributed by atoms with Crippen LogP contribution in [0.4, 0.5) is 0 Å². The number of hydrogen-bond acceptors (Lipinski definition) is 2. The van der Waals surface area contributed by atoms with Gasteiger partial charge in [-0.3, -0.25) is 0 Å². The standard InChI is InChI=1S/C13H18OS/c1-2-9-8-13(9,14)11-4-3-5-12-10(11)6-7-15-12/h6-7,9,11,14H,2-5,8H2,1H3. The van der Waals surface area contributed by atoms with Gasteiger partial charge in [-0.05, 0) is 48.6 Å². The molecule has 15 heavy (non-hydrogen) atoms. The Morgan fingerprint density at radius 3 is 3.20 bits per heavy atom. The lowest BCUT2D eigenvalue weighted by Gasteiger charge is -2.28.